The Morgan fingerprint density at radius 3 is 2.60 bits per heavy atom. The Morgan fingerprint density at radius 1 is 1.80 bits per heavy atom. The zero-order valence-corrected chi connectivity index (χ0v) is 6.13. The second kappa shape index (κ2) is 2.09. The summed E-state index contributed by atoms with van der Waals surface area (Å²) >= 11 is 0. The third-order valence-corrected chi connectivity index (χ3v) is 1.82. The molecule has 2 N–H and O–H groups in total. The third-order valence-electron chi connectivity index (χ3n) is 1.82. The van der Waals surface area contributed by atoms with Gasteiger partial charge in [0, 0.05) is 20.0 Å². The van der Waals surface area contributed by atoms with E-state index in [1.807, 2.05) is 0 Å². The predicted molar refractivity (Wildman–Crippen MR) is 39.4 cm³/mol. The number of carbonyl (C=O) groups excluding carboxylic acids is 1. The van der Waals surface area contributed by atoms with Crippen molar-refractivity contribution in [3.05, 3.63) is 12.7 Å². The van der Waals surface area contributed by atoms with Crippen molar-refractivity contribution in [2.24, 2.45) is 5.73 Å². The average Bonchev–Trinajstić information content (AvgIpc) is 1.80. The van der Waals surface area contributed by atoms with Crippen LogP contribution in [0.15, 0.2) is 12.7 Å². The van der Waals surface area contributed by atoms with Gasteiger partial charge in [-0.2, -0.15) is 0 Å². The Kier molecular flexibility index (Phi) is 1.52. The summed E-state index contributed by atoms with van der Waals surface area (Å²) in [5.41, 5.74) is 5.40. The molecule has 0 aromatic rings. The molecule has 10 heavy (non-hydrogen) atoms. The zero-order valence-electron chi connectivity index (χ0n) is 6.13. The van der Waals surface area contributed by atoms with Crippen molar-refractivity contribution in [1.29, 1.82) is 0 Å². The Bertz CT molecular complexity index is 170. The summed E-state index contributed by atoms with van der Waals surface area (Å²) in [7, 11) is 0. The monoisotopic (exact) mass is 140 g/mol. The van der Waals surface area contributed by atoms with Crippen LogP contribution in [0.4, 0.5) is 0 Å². The molecule has 0 atom stereocenters. The van der Waals surface area contributed by atoms with Crippen LogP contribution in [0.1, 0.15) is 6.92 Å². The van der Waals surface area contributed by atoms with Crippen molar-refractivity contribution >= 4 is 5.91 Å². The van der Waals surface area contributed by atoms with Gasteiger partial charge in [0.1, 0.15) is 0 Å². The average molecular weight is 140 g/mol. The molecule has 56 valence electrons. The standard InChI is InChI=1S/C7H12N2O/c1-3-7(8)4-9(5-7)6(2)10/h3H,1,4-5,8H2,2H3. The summed E-state index contributed by atoms with van der Waals surface area (Å²) in [6, 6.07) is 0. The van der Waals surface area contributed by atoms with Crippen molar-refractivity contribution in [1.82, 2.24) is 4.90 Å². The van der Waals surface area contributed by atoms with Crippen molar-refractivity contribution in [3.8, 4) is 0 Å². The summed E-state index contributed by atoms with van der Waals surface area (Å²) in [6.45, 7) is 6.36. The molecule has 1 rings (SSSR count). The van der Waals surface area contributed by atoms with Crippen LogP contribution in [0.2, 0.25) is 0 Å². The lowest BCUT2D eigenvalue weighted by Gasteiger charge is -2.45. The van der Waals surface area contributed by atoms with Gasteiger partial charge in [0.2, 0.25) is 5.91 Å². The fourth-order valence-corrected chi connectivity index (χ4v) is 1.02. The molecule has 3 heteroatoms. The van der Waals surface area contributed by atoms with E-state index in [4.69, 9.17) is 5.73 Å². The fourth-order valence-electron chi connectivity index (χ4n) is 1.02. The highest BCUT2D eigenvalue weighted by Gasteiger charge is 2.37. The van der Waals surface area contributed by atoms with Crippen molar-refractivity contribution < 1.29 is 4.79 Å². The first-order chi connectivity index (χ1) is 4.57. The van der Waals surface area contributed by atoms with Crippen LogP contribution < -0.4 is 5.73 Å². The molecule has 1 aliphatic rings. The Balaban J connectivity index is 2.43. The van der Waals surface area contributed by atoms with Crippen LogP contribution in [0.25, 0.3) is 0 Å². The summed E-state index contributed by atoms with van der Waals surface area (Å²) in [4.78, 5) is 12.4. The quantitative estimate of drug-likeness (QED) is 0.510. The van der Waals surface area contributed by atoms with Crippen molar-refractivity contribution in [3.63, 3.8) is 0 Å². The molecule has 0 spiro atoms. The second-order valence-electron chi connectivity index (χ2n) is 2.81. The Morgan fingerprint density at radius 2 is 2.30 bits per heavy atom. The van der Waals surface area contributed by atoms with E-state index in [-0.39, 0.29) is 11.4 Å². The van der Waals surface area contributed by atoms with Crippen LogP contribution in [-0.2, 0) is 4.79 Å². The van der Waals surface area contributed by atoms with Crippen LogP contribution >= 0.6 is 0 Å². The highest BCUT2D eigenvalue weighted by atomic mass is 16.2. The van der Waals surface area contributed by atoms with E-state index in [0.29, 0.717) is 13.1 Å². The largest absolute Gasteiger partial charge is 0.338 e. The SMILES string of the molecule is C=CC1(N)CN(C(C)=O)C1. The van der Waals surface area contributed by atoms with Gasteiger partial charge in [0.15, 0.2) is 0 Å². The minimum atomic E-state index is -0.314. The number of likely N-dealkylation sites (tertiary alicyclic amines) is 1. The smallest absolute Gasteiger partial charge is 0.219 e. The number of amides is 1. The summed E-state index contributed by atoms with van der Waals surface area (Å²) in [5.74, 6) is 0.0860. The highest BCUT2D eigenvalue weighted by molar-refractivity contribution is 5.74. The van der Waals surface area contributed by atoms with Crippen molar-refractivity contribution in [2.45, 2.75) is 12.5 Å². The molecule has 0 aromatic carbocycles. The molecular weight excluding hydrogens is 128 g/mol. The second-order valence-corrected chi connectivity index (χ2v) is 2.81. The number of hydrogen-bond donors (Lipinski definition) is 1. The van der Waals surface area contributed by atoms with E-state index < -0.39 is 0 Å². The van der Waals surface area contributed by atoms with Gasteiger partial charge in [-0.15, -0.1) is 6.58 Å². The van der Waals surface area contributed by atoms with E-state index in [1.165, 1.54) is 0 Å². The van der Waals surface area contributed by atoms with Gasteiger partial charge < -0.3 is 10.6 Å². The summed E-state index contributed by atoms with van der Waals surface area (Å²) in [5, 5.41) is 0. The minimum Gasteiger partial charge on any atom is -0.338 e. The molecule has 0 unspecified atom stereocenters. The zero-order chi connectivity index (χ0) is 7.78. The maximum Gasteiger partial charge on any atom is 0.219 e. The highest BCUT2D eigenvalue weighted by Crippen LogP contribution is 2.18. The van der Waals surface area contributed by atoms with Crippen LogP contribution in [0.5, 0.6) is 0 Å². The van der Waals surface area contributed by atoms with Gasteiger partial charge in [-0.3, -0.25) is 4.79 Å². The molecule has 1 aliphatic heterocycles. The van der Waals surface area contributed by atoms with E-state index in [2.05, 4.69) is 6.58 Å². The lowest BCUT2D eigenvalue weighted by molar-refractivity contribution is -0.134. The Labute approximate surface area is 60.5 Å². The van der Waals surface area contributed by atoms with Gasteiger partial charge in [-0.25, -0.2) is 0 Å². The van der Waals surface area contributed by atoms with E-state index >= 15 is 0 Å². The molecule has 1 heterocycles. The van der Waals surface area contributed by atoms with Crippen LogP contribution in [-0.4, -0.2) is 29.4 Å². The lowest BCUT2D eigenvalue weighted by atomic mass is 9.91. The van der Waals surface area contributed by atoms with Crippen LogP contribution in [0.3, 0.4) is 0 Å². The minimum absolute atomic E-state index is 0.0860. The number of nitrogens with two attached hydrogens (primary N) is 1. The molecule has 0 bridgehead atoms. The van der Waals surface area contributed by atoms with E-state index in [0.717, 1.165) is 0 Å². The lowest BCUT2D eigenvalue weighted by Crippen LogP contribution is -2.67. The van der Waals surface area contributed by atoms with E-state index in [9.17, 15) is 4.79 Å². The van der Waals surface area contributed by atoms with Crippen LogP contribution in [0, 0.1) is 0 Å². The van der Waals surface area contributed by atoms with Gasteiger partial charge >= 0.3 is 0 Å². The molecule has 3 nitrogen and oxygen atoms in total. The molecule has 0 aliphatic carbocycles. The fraction of sp³-hybridized carbons (Fsp3) is 0.571. The maximum absolute atomic E-state index is 10.7. The predicted octanol–water partition coefficient (Wildman–Crippen LogP) is -0.268. The normalized spacial score (nSPS) is 21.6. The first kappa shape index (κ1) is 7.28. The Hall–Kier alpha value is -0.830. The number of rotatable bonds is 1. The molecule has 1 saturated heterocycles. The topological polar surface area (TPSA) is 46.3 Å². The maximum atomic E-state index is 10.7. The van der Waals surface area contributed by atoms with Gasteiger partial charge in [0.05, 0.1) is 5.54 Å². The number of nitrogens with zero attached hydrogens (tertiary/aromatic N) is 1. The van der Waals surface area contributed by atoms with Gasteiger partial charge in [-0.1, -0.05) is 6.08 Å². The molecular formula is C7H12N2O. The summed E-state index contributed by atoms with van der Waals surface area (Å²) < 4.78 is 0. The first-order valence-electron chi connectivity index (χ1n) is 3.25. The number of carbonyl (C=O) groups is 1. The van der Waals surface area contributed by atoms with Gasteiger partial charge in [0.25, 0.3) is 0 Å². The molecule has 0 aromatic heterocycles. The molecule has 0 radical (unpaired) electrons. The first-order valence-corrected chi connectivity index (χ1v) is 3.25. The molecule has 0 saturated carbocycles. The van der Waals surface area contributed by atoms with Crippen molar-refractivity contribution in [2.75, 3.05) is 13.1 Å². The third kappa shape index (κ3) is 1.04. The summed E-state index contributed by atoms with van der Waals surface area (Å²) in [6.07, 6.45) is 1.70. The number of hydrogen-bond acceptors (Lipinski definition) is 2. The molecule has 1 amide bonds. The van der Waals surface area contributed by atoms with Gasteiger partial charge in [-0.05, 0) is 0 Å². The molecule has 1 fully saturated rings. The van der Waals surface area contributed by atoms with E-state index in [1.54, 1.807) is 17.9 Å².